The first-order chi connectivity index (χ1) is 16.5. The Hall–Kier alpha value is -3.36. The zero-order valence-corrected chi connectivity index (χ0v) is 19.5. The normalized spacial score (nSPS) is 17.5. The summed E-state index contributed by atoms with van der Waals surface area (Å²) < 4.78 is 21.1. The molecule has 4 rings (SSSR count). The summed E-state index contributed by atoms with van der Waals surface area (Å²) in [4.78, 5) is 45.3. The highest BCUT2D eigenvalue weighted by Crippen LogP contribution is 2.49. The van der Waals surface area contributed by atoms with E-state index < -0.39 is 35.4 Å². The van der Waals surface area contributed by atoms with Crippen LogP contribution in [0.2, 0.25) is 0 Å². The van der Waals surface area contributed by atoms with Crippen LogP contribution in [0.1, 0.15) is 25.1 Å². The molecule has 1 saturated heterocycles. The van der Waals surface area contributed by atoms with Crippen LogP contribution in [0.5, 0.6) is 5.75 Å². The topological polar surface area (TPSA) is 184 Å². The van der Waals surface area contributed by atoms with Gasteiger partial charge in [-0.1, -0.05) is 11.8 Å². The van der Waals surface area contributed by atoms with Crippen LogP contribution in [0.25, 0.3) is 10.9 Å². The summed E-state index contributed by atoms with van der Waals surface area (Å²) in [7, 11) is 0. The average molecular weight is 513 g/mol. The predicted octanol–water partition coefficient (Wildman–Crippen LogP) is 1.49. The van der Waals surface area contributed by atoms with Gasteiger partial charge in [-0.3, -0.25) is 14.4 Å². The maximum absolute atomic E-state index is 14.7. The van der Waals surface area contributed by atoms with Crippen molar-refractivity contribution < 1.29 is 38.8 Å². The fourth-order valence-corrected chi connectivity index (χ4v) is 4.83. The van der Waals surface area contributed by atoms with Crippen LogP contribution in [-0.2, 0) is 9.59 Å². The number of halogens is 1. The van der Waals surface area contributed by atoms with E-state index in [2.05, 4.69) is 10.1 Å². The van der Waals surface area contributed by atoms with Gasteiger partial charge in [0, 0.05) is 32.6 Å². The van der Waals surface area contributed by atoms with E-state index in [4.69, 9.17) is 21.1 Å². The minimum Gasteiger partial charge on any atom is -0.481 e. The largest absolute Gasteiger partial charge is 0.511 e. The fraction of sp³-hybridized carbons (Fsp3) is 0.429. The second-order valence-electron chi connectivity index (χ2n) is 7.85. The predicted molar refractivity (Wildman–Crippen MR) is 125 cm³/mol. The summed E-state index contributed by atoms with van der Waals surface area (Å²) in [6.45, 7) is 4.84. The summed E-state index contributed by atoms with van der Waals surface area (Å²) in [5.41, 5.74) is 5.45. The molecule has 0 amide bonds. The van der Waals surface area contributed by atoms with Crippen LogP contribution in [0, 0.1) is 5.82 Å². The molecule has 2 atom stereocenters. The first-order valence-electron chi connectivity index (χ1n) is 10.7. The van der Waals surface area contributed by atoms with E-state index in [9.17, 15) is 23.6 Å². The first kappa shape index (κ1) is 26.2. The number of aliphatic carboxylic acids is 2. The molecule has 0 saturated carbocycles. The number of hydrogen-bond donors (Lipinski definition) is 5. The van der Waals surface area contributed by atoms with E-state index in [0.717, 1.165) is 13.1 Å². The number of nitrogens with zero attached hydrogens (tertiary/aromatic N) is 2. The van der Waals surface area contributed by atoms with Crippen molar-refractivity contribution in [2.24, 2.45) is 5.73 Å². The van der Waals surface area contributed by atoms with E-state index in [1.807, 2.05) is 16.4 Å². The lowest BCUT2D eigenvalue weighted by molar-refractivity contribution is -0.139. The van der Waals surface area contributed by atoms with Crippen LogP contribution in [0.15, 0.2) is 22.0 Å². The standard InChI is InChI=1S/C16H16FN3O4S.C5H9NO4/c1-8-20-11-7-12(19-4-2-18-3-5-19)10(17)6-9(11)13(21)14(15(20)25-8)24-16(22)23;6-3(5(9)10)1-2-4(7)8/h6-8,18H,2-5H2,1H3,(H,22,23);3H,1-2,6H2,(H,7,8)(H,9,10)/t8-;/m0./s1. The molecule has 1 aromatic carbocycles. The number of thioether (sulfide) groups is 1. The molecule has 2 aliphatic rings. The number of piperazine rings is 1. The molecule has 6 N–H and O–H groups in total. The number of carbonyl (C=O) groups is 3. The Morgan fingerprint density at radius 1 is 1.26 bits per heavy atom. The maximum Gasteiger partial charge on any atom is 0.511 e. The lowest BCUT2D eigenvalue weighted by atomic mass is 10.1. The second-order valence-corrected chi connectivity index (χ2v) is 9.16. The van der Waals surface area contributed by atoms with E-state index in [-0.39, 0.29) is 29.4 Å². The molecule has 14 heteroatoms. The molecule has 2 aliphatic heterocycles. The van der Waals surface area contributed by atoms with Crippen molar-refractivity contribution in [2.45, 2.75) is 36.2 Å². The first-order valence-corrected chi connectivity index (χ1v) is 11.5. The van der Waals surface area contributed by atoms with E-state index in [0.29, 0.717) is 29.3 Å². The lowest BCUT2D eigenvalue weighted by Gasteiger charge is -2.34. The Morgan fingerprint density at radius 2 is 1.91 bits per heavy atom. The monoisotopic (exact) mass is 512 g/mol. The molecule has 0 aliphatic carbocycles. The highest BCUT2D eigenvalue weighted by Gasteiger charge is 2.32. The van der Waals surface area contributed by atoms with E-state index in [1.54, 1.807) is 6.07 Å². The molecule has 1 fully saturated rings. The molecular formula is C21H25FN4O8S. The molecular weight excluding hydrogens is 487 g/mol. The molecule has 1 unspecified atom stereocenters. The number of fused-ring (bicyclic) bond motifs is 3. The molecule has 3 heterocycles. The van der Waals surface area contributed by atoms with Crippen molar-refractivity contribution in [1.82, 2.24) is 9.88 Å². The van der Waals surface area contributed by atoms with Gasteiger partial charge in [-0.25, -0.2) is 9.18 Å². The SMILES string of the molecule is C[C@@H]1Sc2c(OC(=O)O)c(=O)c3cc(F)c(N4CCNCC4)cc3n21.NC(CCC(=O)O)C(=O)O. The molecule has 12 nitrogen and oxygen atoms in total. The van der Waals surface area contributed by atoms with Gasteiger partial charge in [0.1, 0.15) is 16.9 Å². The van der Waals surface area contributed by atoms with Crippen LogP contribution < -0.4 is 26.1 Å². The van der Waals surface area contributed by atoms with Gasteiger partial charge in [-0.2, -0.15) is 0 Å². The number of pyridine rings is 1. The molecule has 0 radical (unpaired) electrons. The van der Waals surface area contributed by atoms with Crippen molar-refractivity contribution >= 4 is 46.4 Å². The summed E-state index contributed by atoms with van der Waals surface area (Å²) in [6.07, 6.45) is -1.78. The number of nitrogens with two attached hydrogens (primary N) is 1. The number of carboxylic acid groups (broad SMARTS) is 3. The Labute approximate surface area is 202 Å². The molecule has 2 aromatic rings. The van der Waals surface area contributed by atoms with Gasteiger partial charge in [0.15, 0.2) is 0 Å². The van der Waals surface area contributed by atoms with Gasteiger partial charge >= 0.3 is 18.1 Å². The van der Waals surface area contributed by atoms with Gasteiger partial charge in [0.25, 0.3) is 0 Å². The van der Waals surface area contributed by atoms with Crippen molar-refractivity contribution in [3.63, 3.8) is 0 Å². The Morgan fingerprint density at radius 3 is 2.46 bits per heavy atom. The molecule has 0 spiro atoms. The Kier molecular flexibility index (Phi) is 8.19. The van der Waals surface area contributed by atoms with Gasteiger partial charge in [0.05, 0.1) is 22.0 Å². The van der Waals surface area contributed by atoms with Crippen LogP contribution in [0.3, 0.4) is 0 Å². The van der Waals surface area contributed by atoms with E-state index in [1.165, 1.54) is 17.8 Å². The number of hydrogen-bond acceptors (Lipinski definition) is 9. The van der Waals surface area contributed by atoms with Crippen LogP contribution >= 0.6 is 11.8 Å². The second kappa shape index (κ2) is 10.9. The summed E-state index contributed by atoms with van der Waals surface area (Å²) in [5, 5.41) is 29.0. The summed E-state index contributed by atoms with van der Waals surface area (Å²) >= 11 is 1.35. The minimum absolute atomic E-state index is 0.00980. The van der Waals surface area contributed by atoms with Gasteiger partial charge in [0.2, 0.25) is 11.2 Å². The third kappa shape index (κ3) is 5.83. The van der Waals surface area contributed by atoms with Gasteiger partial charge in [-0.15, -0.1) is 0 Å². The van der Waals surface area contributed by atoms with Crippen molar-refractivity contribution in [1.29, 1.82) is 0 Å². The lowest BCUT2D eigenvalue weighted by Crippen LogP contribution is -2.44. The molecule has 190 valence electrons. The van der Waals surface area contributed by atoms with E-state index >= 15 is 0 Å². The Balaban J connectivity index is 0.000000292. The average Bonchev–Trinajstić information content (AvgIpc) is 2.80. The quantitative estimate of drug-likeness (QED) is 0.352. The zero-order chi connectivity index (χ0) is 25.9. The number of carboxylic acids is 2. The number of rotatable bonds is 6. The van der Waals surface area contributed by atoms with Crippen molar-refractivity contribution in [2.75, 3.05) is 31.1 Å². The fourth-order valence-electron chi connectivity index (χ4n) is 3.73. The third-order valence-electron chi connectivity index (χ3n) is 5.47. The summed E-state index contributed by atoms with van der Waals surface area (Å²) in [5.74, 6) is -2.94. The molecule has 1 aromatic heterocycles. The highest BCUT2D eigenvalue weighted by atomic mass is 32.2. The maximum atomic E-state index is 14.7. The number of nitrogens with one attached hydrogen (secondary N) is 1. The van der Waals surface area contributed by atoms with Gasteiger partial charge in [-0.05, 0) is 25.5 Å². The van der Waals surface area contributed by atoms with Crippen LogP contribution in [0.4, 0.5) is 14.9 Å². The minimum atomic E-state index is -1.56. The van der Waals surface area contributed by atoms with Gasteiger partial charge < -0.3 is 40.6 Å². The smallest absolute Gasteiger partial charge is 0.481 e. The third-order valence-corrected chi connectivity index (χ3v) is 6.63. The zero-order valence-electron chi connectivity index (χ0n) is 18.7. The summed E-state index contributed by atoms with van der Waals surface area (Å²) in [6, 6.07) is 1.81. The highest BCUT2D eigenvalue weighted by molar-refractivity contribution is 8.00. The number of anilines is 1. The number of aromatic nitrogens is 1. The van der Waals surface area contributed by atoms with Crippen molar-refractivity contribution in [3.8, 4) is 5.75 Å². The molecule has 0 bridgehead atoms. The van der Waals surface area contributed by atoms with Crippen molar-refractivity contribution in [3.05, 3.63) is 28.2 Å². The molecule has 35 heavy (non-hydrogen) atoms. The number of benzene rings is 1. The Bertz CT molecular complexity index is 1210. The number of ether oxygens (including phenoxy) is 1. The van der Waals surface area contributed by atoms with Crippen LogP contribution in [-0.4, -0.2) is 70.2 Å².